The van der Waals surface area contributed by atoms with Crippen molar-refractivity contribution in [3.05, 3.63) is 29.6 Å². The molecule has 1 fully saturated rings. The third-order valence-electron chi connectivity index (χ3n) is 5.12. The highest BCUT2D eigenvalue weighted by molar-refractivity contribution is 5.84. The number of ether oxygens (including phenoxy) is 1. The number of aldehydes is 1. The Balaban J connectivity index is 1.81. The van der Waals surface area contributed by atoms with Crippen LogP contribution in [0.25, 0.3) is 0 Å². The summed E-state index contributed by atoms with van der Waals surface area (Å²) in [6.45, 7) is 1.58. The fourth-order valence-corrected chi connectivity index (χ4v) is 3.30. The summed E-state index contributed by atoms with van der Waals surface area (Å²) in [5.41, 5.74) is 0.866. The second-order valence-corrected chi connectivity index (χ2v) is 7.74. The van der Waals surface area contributed by atoms with Crippen molar-refractivity contribution >= 4 is 18.1 Å². The van der Waals surface area contributed by atoms with E-state index in [1.54, 1.807) is 20.2 Å². The summed E-state index contributed by atoms with van der Waals surface area (Å²) in [6.07, 6.45) is 4.03. The van der Waals surface area contributed by atoms with E-state index in [1.807, 2.05) is 0 Å². The third-order valence-corrected chi connectivity index (χ3v) is 5.12. The standard InChI is InChI=1S/C22H33FN4O4/c1-24-15-20(29)25-9-3-4-16-7-8-18(23)14-19(16)31-13-10-26-21(17-5-6-17)22(30)27(2)11-12-28/h7-8,12,14,17,21,24,26H,3-6,9-11,13,15H2,1-2H3,(H,25,29). The van der Waals surface area contributed by atoms with Gasteiger partial charge in [0.05, 0.1) is 19.1 Å². The van der Waals surface area contributed by atoms with Gasteiger partial charge in [-0.25, -0.2) is 4.39 Å². The summed E-state index contributed by atoms with van der Waals surface area (Å²) in [4.78, 5) is 36.1. The topological polar surface area (TPSA) is 99.8 Å². The van der Waals surface area contributed by atoms with E-state index < -0.39 is 0 Å². The minimum absolute atomic E-state index is 0.0669. The molecule has 2 rings (SSSR count). The van der Waals surface area contributed by atoms with Crippen molar-refractivity contribution in [2.75, 3.05) is 46.9 Å². The normalized spacial score (nSPS) is 14.0. The molecule has 0 bridgehead atoms. The highest BCUT2D eigenvalue weighted by Crippen LogP contribution is 2.33. The maximum atomic E-state index is 13.7. The van der Waals surface area contributed by atoms with Gasteiger partial charge in [0.1, 0.15) is 24.5 Å². The first-order valence-corrected chi connectivity index (χ1v) is 10.7. The number of halogens is 1. The first-order chi connectivity index (χ1) is 15.0. The molecule has 1 aromatic rings. The van der Waals surface area contributed by atoms with E-state index in [0.717, 1.165) is 18.4 Å². The van der Waals surface area contributed by atoms with E-state index in [-0.39, 0.29) is 49.3 Å². The zero-order valence-electron chi connectivity index (χ0n) is 18.3. The Labute approximate surface area is 182 Å². The molecular weight excluding hydrogens is 403 g/mol. The fourth-order valence-electron chi connectivity index (χ4n) is 3.30. The molecule has 0 aromatic heterocycles. The summed E-state index contributed by atoms with van der Waals surface area (Å²) in [6, 6.07) is 4.11. The second-order valence-electron chi connectivity index (χ2n) is 7.74. The minimum Gasteiger partial charge on any atom is -0.492 e. The van der Waals surface area contributed by atoms with Gasteiger partial charge in [0.2, 0.25) is 11.8 Å². The van der Waals surface area contributed by atoms with Gasteiger partial charge < -0.3 is 30.4 Å². The molecule has 0 spiro atoms. The molecule has 9 heteroatoms. The van der Waals surface area contributed by atoms with E-state index >= 15 is 0 Å². The lowest BCUT2D eigenvalue weighted by Gasteiger charge is -2.23. The molecule has 1 saturated carbocycles. The largest absolute Gasteiger partial charge is 0.492 e. The predicted molar refractivity (Wildman–Crippen MR) is 115 cm³/mol. The van der Waals surface area contributed by atoms with Crippen LogP contribution in [-0.4, -0.2) is 75.9 Å². The van der Waals surface area contributed by atoms with Crippen molar-refractivity contribution in [3.63, 3.8) is 0 Å². The van der Waals surface area contributed by atoms with E-state index in [1.165, 1.54) is 17.0 Å². The molecule has 2 amide bonds. The van der Waals surface area contributed by atoms with E-state index in [4.69, 9.17) is 4.74 Å². The van der Waals surface area contributed by atoms with Crippen LogP contribution in [0.1, 0.15) is 24.8 Å². The van der Waals surface area contributed by atoms with Crippen LogP contribution in [0.3, 0.4) is 0 Å². The van der Waals surface area contributed by atoms with Crippen molar-refractivity contribution in [2.24, 2.45) is 5.92 Å². The number of amides is 2. The Bertz CT molecular complexity index is 742. The van der Waals surface area contributed by atoms with Crippen LogP contribution >= 0.6 is 0 Å². The molecule has 1 aliphatic carbocycles. The van der Waals surface area contributed by atoms with Crippen LogP contribution in [0.2, 0.25) is 0 Å². The Kier molecular flexibility index (Phi) is 10.4. The number of rotatable bonds is 15. The summed E-state index contributed by atoms with van der Waals surface area (Å²) in [5.74, 6) is 0.208. The van der Waals surface area contributed by atoms with Crippen molar-refractivity contribution in [3.8, 4) is 5.75 Å². The molecule has 1 aliphatic rings. The van der Waals surface area contributed by atoms with E-state index in [2.05, 4.69) is 16.0 Å². The van der Waals surface area contributed by atoms with Gasteiger partial charge in [-0.3, -0.25) is 9.59 Å². The second kappa shape index (κ2) is 13.0. The first kappa shape index (κ1) is 24.7. The van der Waals surface area contributed by atoms with E-state index in [0.29, 0.717) is 38.0 Å². The number of likely N-dealkylation sites (N-methyl/N-ethyl adjacent to an activating group) is 2. The van der Waals surface area contributed by atoms with Crippen LogP contribution < -0.4 is 20.7 Å². The van der Waals surface area contributed by atoms with Crippen molar-refractivity contribution in [2.45, 2.75) is 31.7 Å². The van der Waals surface area contributed by atoms with Crippen LogP contribution in [0.15, 0.2) is 18.2 Å². The SMILES string of the molecule is CNCC(=O)NCCCc1ccc(F)cc1OCCNC(C(=O)N(C)CC=O)C1CC1. The van der Waals surface area contributed by atoms with Crippen LogP contribution in [0, 0.1) is 11.7 Å². The lowest BCUT2D eigenvalue weighted by atomic mass is 10.1. The number of carbonyl (C=O) groups is 3. The quantitative estimate of drug-likeness (QED) is 0.274. The molecule has 1 aromatic carbocycles. The number of carbonyl (C=O) groups excluding carboxylic acids is 3. The molecule has 0 radical (unpaired) electrons. The Morgan fingerprint density at radius 3 is 2.77 bits per heavy atom. The summed E-state index contributed by atoms with van der Waals surface area (Å²) < 4.78 is 19.5. The molecule has 0 saturated heterocycles. The zero-order valence-corrected chi connectivity index (χ0v) is 18.3. The molecule has 3 N–H and O–H groups in total. The molecular formula is C22H33FN4O4. The maximum Gasteiger partial charge on any atom is 0.240 e. The molecule has 31 heavy (non-hydrogen) atoms. The zero-order chi connectivity index (χ0) is 22.6. The van der Waals surface area contributed by atoms with Gasteiger partial charge in [0.25, 0.3) is 0 Å². The monoisotopic (exact) mass is 436 g/mol. The Hall–Kier alpha value is -2.52. The van der Waals surface area contributed by atoms with Crippen molar-refractivity contribution in [1.29, 1.82) is 0 Å². The fraction of sp³-hybridized carbons (Fsp3) is 0.591. The Morgan fingerprint density at radius 1 is 1.32 bits per heavy atom. The molecule has 1 unspecified atom stereocenters. The smallest absolute Gasteiger partial charge is 0.240 e. The first-order valence-electron chi connectivity index (χ1n) is 10.7. The average molecular weight is 437 g/mol. The van der Waals surface area contributed by atoms with Gasteiger partial charge in [-0.05, 0) is 50.3 Å². The van der Waals surface area contributed by atoms with Crippen LogP contribution in [-0.2, 0) is 20.8 Å². The van der Waals surface area contributed by atoms with Gasteiger partial charge >= 0.3 is 0 Å². The van der Waals surface area contributed by atoms with Gasteiger partial charge in [-0.1, -0.05) is 6.07 Å². The molecule has 172 valence electrons. The van der Waals surface area contributed by atoms with Gasteiger partial charge in [-0.2, -0.15) is 0 Å². The lowest BCUT2D eigenvalue weighted by molar-refractivity contribution is -0.134. The number of nitrogens with one attached hydrogen (secondary N) is 3. The summed E-state index contributed by atoms with van der Waals surface area (Å²) in [5, 5.41) is 8.82. The van der Waals surface area contributed by atoms with Gasteiger partial charge in [0.15, 0.2) is 0 Å². The maximum absolute atomic E-state index is 13.7. The molecule has 0 aliphatic heterocycles. The number of nitrogens with zero attached hydrogens (tertiary/aromatic N) is 1. The molecule has 1 atom stereocenters. The van der Waals surface area contributed by atoms with Gasteiger partial charge in [-0.15, -0.1) is 0 Å². The summed E-state index contributed by atoms with van der Waals surface area (Å²) in [7, 11) is 3.33. The minimum atomic E-state index is -0.379. The van der Waals surface area contributed by atoms with E-state index in [9.17, 15) is 18.8 Å². The molecule has 8 nitrogen and oxygen atoms in total. The average Bonchev–Trinajstić information content (AvgIpc) is 3.57. The number of hydrogen-bond donors (Lipinski definition) is 3. The number of benzene rings is 1. The van der Waals surface area contributed by atoms with Crippen LogP contribution in [0.5, 0.6) is 5.75 Å². The summed E-state index contributed by atoms with van der Waals surface area (Å²) >= 11 is 0. The van der Waals surface area contributed by atoms with Crippen molar-refractivity contribution in [1.82, 2.24) is 20.9 Å². The number of aryl methyl sites for hydroxylation is 1. The highest BCUT2D eigenvalue weighted by atomic mass is 19.1. The highest BCUT2D eigenvalue weighted by Gasteiger charge is 2.37. The number of hydrogen-bond acceptors (Lipinski definition) is 6. The predicted octanol–water partition coefficient (Wildman–Crippen LogP) is 0.498. The van der Waals surface area contributed by atoms with Crippen molar-refractivity contribution < 1.29 is 23.5 Å². The van der Waals surface area contributed by atoms with Gasteiger partial charge in [0, 0.05) is 26.2 Å². The Morgan fingerprint density at radius 2 is 2.10 bits per heavy atom. The van der Waals surface area contributed by atoms with Crippen LogP contribution in [0.4, 0.5) is 4.39 Å². The third kappa shape index (κ3) is 8.63. The molecule has 0 heterocycles. The lowest BCUT2D eigenvalue weighted by Crippen LogP contribution is -2.48.